The molecule has 0 amide bonds. The van der Waals surface area contributed by atoms with Crippen molar-refractivity contribution in [1.82, 2.24) is 4.57 Å². The van der Waals surface area contributed by atoms with Gasteiger partial charge in [-0.3, -0.25) is 4.79 Å². The Hall–Kier alpha value is -1.76. The van der Waals surface area contributed by atoms with Crippen molar-refractivity contribution in [3.8, 4) is 6.07 Å². The Morgan fingerprint density at radius 1 is 1.69 bits per heavy atom. The van der Waals surface area contributed by atoms with Gasteiger partial charge < -0.3 is 9.30 Å². The Morgan fingerprint density at radius 3 is 2.92 bits per heavy atom. The number of ether oxygens (including phenoxy) is 1. The Kier molecular flexibility index (Phi) is 2.70. The van der Waals surface area contributed by atoms with E-state index >= 15 is 0 Å². The van der Waals surface area contributed by atoms with Crippen molar-refractivity contribution >= 4 is 5.97 Å². The largest absolute Gasteiger partial charge is 0.468 e. The van der Waals surface area contributed by atoms with Gasteiger partial charge in [0.15, 0.2) is 0 Å². The number of aryl methyl sites for hydroxylation is 1. The van der Waals surface area contributed by atoms with E-state index in [-0.39, 0.29) is 12.5 Å². The molecule has 0 aliphatic rings. The average Bonchev–Trinajstić information content (AvgIpc) is 2.48. The monoisotopic (exact) mass is 178 g/mol. The van der Waals surface area contributed by atoms with Gasteiger partial charge in [-0.05, 0) is 19.1 Å². The first-order valence-corrected chi connectivity index (χ1v) is 3.82. The highest BCUT2D eigenvalue weighted by Crippen LogP contribution is 2.06. The van der Waals surface area contributed by atoms with Crippen LogP contribution in [0.15, 0.2) is 12.1 Å². The summed E-state index contributed by atoms with van der Waals surface area (Å²) in [5.74, 6) is -0.351. The topological polar surface area (TPSA) is 55.0 Å². The minimum Gasteiger partial charge on any atom is -0.468 e. The smallest absolute Gasteiger partial charge is 0.325 e. The van der Waals surface area contributed by atoms with Gasteiger partial charge in [0, 0.05) is 5.69 Å². The minimum atomic E-state index is -0.351. The van der Waals surface area contributed by atoms with E-state index in [4.69, 9.17) is 5.26 Å². The third-order valence-corrected chi connectivity index (χ3v) is 1.83. The summed E-state index contributed by atoms with van der Waals surface area (Å²) in [5.41, 5.74) is 1.35. The van der Waals surface area contributed by atoms with Gasteiger partial charge >= 0.3 is 5.97 Å². The van der Waals surface area contributed by atoms with E-state index in [0.717, 1.165) is 5.69 Å². The lowest BCUT2D eigenvalue weighted by molar-refractivity contribution is -0.141. The fourth-order valence-corrected chi connectivity index (χ4v) is 1.07. The number of carbonyl (C=O) groups excluding carboxylic acids is 1. The van der Waals surface area contributed by atoms with Crippen LogP contribution in [0.2, 0.25) is 0 Å². The van der Waals surface area contributed by atoms with Crippen LogP contribution in [-0.2, 0) is 16.1 Å². The van der Waals surface area contributed by atoms with Crippen molar-refractivity contribution in [3.05, 3.63) is 23.5 Å². The Bertz CT molecular complexity index is 360. The zero-order chi connectivity index (χ0) is 9.84. The highest BCUT2D eigenvalue weighted by atomic mass is 16.5. The second-order valence-corrected chi connectivity index (χ2v) is 2.63. The molecule has 0 aliphatic carbocycles. The predicted molar refractivity (Wildman–Crippen MR) is 45.9 cm³/mol. The zero-order valence-electron chi connectivity index (χ0n) is 7.57. The summed E-state index contributed by atoms with van der Waals surface area (Å²) in [5, 5.41) is 8.69. The van der Waals surface area contributed by atoms with Crippen molar-refractivity contribution in [2.75, 3.05) is 7.11 Å². The molecule has 1 rings (SSSR count). The number of methoxy groups -OCH3 is 1. The summed E-state index contributed by atoms with van der Waals surface area (Å²) >= 11 is 0. The van der Waals surface area contributed by atoms with Crippen LogP contribution in [0.5, 0.6) is 0 Å². The second kappa shape index (κ2) is 3.76. The summed E-state index contributed by atoms with van der Waals surface area (Å²) < 4.78 is 6.13. The number of nitrogens with zero attached hydrogens (tertiary/aromatic N) is 2. The molecule has 0 bridgehead atoms. The lowest BCUT2D eigenvalue weighted by atomic mass is 10.4. The van der Waals surface area contributed by atoms with Crippen molar-refractivity contribution in [2.45, 2.75) is 13.5 Å². The summed E-state index contributed by atoms with van der Waals surface area (Å²) in [6, 6.07) is 5.47. The molecule has 0 saturated heterocycles. The number of esters is 1. The molecule has 0 radical (unpaired) electrons. The Labute approximate surface area is 76.3 Å². The molecule has 68 valence electrons. The third kappa shape index (κ3) is 1.88. The van der Waals surface area contributed by atoms with Gasteiger partial charge in [0.1, 0.15) is 18.3 Å². The normalized spacial score (nSPS) is 9.31. The van der Waals surface area contributed by atoms with Crippen molar-refractivity contribution in [3.63, 3.8) is 0 Å². The number of rotatable bonds is 2. The molecule has 1 heterocycles. The summed E-state index contributed by atoms with van der Waals surface area (Å²) in [6.07, 6.45) is 0. The van der Waals surface area contributed by atoms with E-state index in [1.807, 2.05) is 13.0 Å². The van der Waals surface area contributed by atoms with Gasteiger partial charge in [-0.15, -0.1) is 0 Å². The first kappa shape index (κ1) is 9.33. The molecule has 4 nitrogen and oxygen atoms in total. The lowest BCUT2D eigenvalue weighted by Crippen LogP contribution is -2.13. The summed E-state index contributed by atoms with van der Waals surface area (Å²) in [7, 11) is 1.33. The SMILES string of the molecule is COC(=O)Cn1c(C)ccc1C#N. The number of nitriles is 1. The van der Waals surface area contributed by atoms with E-state index in [9.17, 15) is 4.79 Å². The van der Waals surface area contributed by atoms with Gasteiger partial charge in [0.05, 0.1) is 7.11 Å². The van der Waals surface area contributed by atoms with Crippen LogP contribution in [0.1, 0.15) is 11.4 Å². The standard InChI is InChI=1S/C9H10N2O2/c1-7-3-4-8(5-10)11(7)6-9(12)13-2/h3-4H,6H2,1-2H3. The fourth-order valence-electron chi connectivity index (χ4n) is 1.07. The molecule has 0 saturated carbocycles. The fraction of sp³-hybridized carbons (Fsp3) is 0.333. The van der Waals surface area contributed by atoms with Crippen molar-refractivity contribution in [1.29, 1.82) is 5.26 Å². The maximum atomic E-state index is 10.9. The first-order chi connectivity index (χ1) is 6.19. The highest BCUT2D eigenvalue weighted by molar-refractivity contribution is 5.69. The summed E-state index contributed by atoms with van der Waals surface area (Å²) in [4.78, 5) is 10.9. The molecule has 0 fully saturated rings. The molecule has 0 aliphatic heterocycles. The molecule has 1 aromatic rings. The lowest BCUT2D eigenvalue weighted by Gasteiger charge is -2.05. The van der Waals surface area contributed by atoms with Crippen LogP contribution in [0.3, 0.4) is 0 Å². The molecule has 0 spiro atoms. The highest BCUT2D eigenvalue weighted by Gasteiger charge is 2.08. The Balaban J connectivity index is 2.93. The maximum absolute atomic E-state index is 10.9. The summed E-state index contributed by atoms with van der Waals surface area (Å²) in [6.45, 7) is 1.93. The van der Waals surface area contributed by atoms with E-state index in [2.05, 4.69) is 4.74 Å². The van der Waals surface area contributed by atoms with Gasteiger partial charge in [0.2, 0.25) is 0 Å². The van der Waals surface area contributed by atoms with Gasteiger partial charge in [-0.2, -0.15) is 5.26 Å². The van der Waals surface area contributed by atoms with E-state index < -0.39 is 0 Å². The van der Waals surface area contributed by atoms with Crippen LogP contribution in [0.25, 0.3) is 0 Å². The van der Waals surface area contributed by atoms with E-state index in [1.54, 1.807) is 16.7 Å². The zero-order valence-corrected chi connectivity index (χ0v) is 7.57. The van der Waals surface area contributed by atoms with E-state index in [1.165, 1.54) is 7.11 Å². The second-order valence-electron chi connectivity index (χ2n) is 2.63. The van der Waals surface area contributed by atoms with Crippen LogP contribution in [-0.4, -0.2) is 17.6 Å². The van der Waals surface area contributed by atoms with Crippen LogP contribution in [0, 0.1) is 18.3 Å². The Morgan fingerprint density at radius 2 is 2.38 bits per heavy atom. The first-order valence-electron chi connectivity index (χ1n) is 3.82. The molecule has 13 heavy (non-hydrogen) atoms. The van der Waals surface area contributed by atoms with Crippen LogP contribution >= 0.6 is 0 Å². The quantitative estimate of drug-likeness (QED) is 0.630. The predicted octanol–water partition coefficient (Wildman–Crippen LogP) is 0.841. The van der Waals surface area contributed by atoms with Gasteiger partial charge in [-0.25, -0.2) is 0 Å². The van der Waals surface area contributed by atoms with Crippen LogP contribution < -0.4 is 0 Å². The maximum Gasteiger partial charge on any atom is 0.325 e. The van der Waals surface area contributed by atoms with Crippen LogP contribution in [0.4, 0.5) is 0 Å². The minimum absolute atomic E-state index is 0.0955. The molecular weight excluding hydrogens is 168 g/mol. The number of hydrogen-bond acceptors (Lipinski definition) is 3. The van der Waals surface area contributed by atoms with Crippen molar-refractivity contribution in [2.24, 2.45) is 0 Å². The molecular formula is C9H10N2O2. The molecule has 4 heteroatoms. The third-order valence-electron chi connectivity index (χ3n) is 1.83. The number of aromatic nitrogens is 1. The van der Waals surface area contributed by atoms with Gasteiger partial charge in [-0.1, -0.05) is 0 Å². The number of carbonyl (C=O) groups is 1. The average molecular weight is 178 g/mol. The van der Waals surface area contributed by atoms with Gasteiger partial charge in [0.25, 0.3) is 0 Å². The molecule has 0 aromatic carbocycles. The molecule has 0 N–H and O–H groups in total. The number of hydrogen-bond donors (Lipinski definition) is 0. The molecule has 0 unspecified atom stereocenters. The molecule has 1 aromatic heterocycles. The van der Waals surface area contributed by atoms with E-state index in [0.29, 0.717) is 5.69 Å². The van der Waals surface area contributed by atoms with Crippen molar-refractivity contribution < 1.29 is 9.53 Å². The molecule has 0 atom stereocenters.